The van der Waals surface area contributed by atoms with Gasteiger partial charge in [-0.15, -0.1) is 0 Å². The zero-order chi connectivity index (χ0) is 15.3. The van der Waals surface area contributed by atoms with E-state index in [9.17, 15) is 0 Å². The predicted molar refractivity (Wildman–Crippen MR) is 89.0 cm³/mol. The summed E-state index contributed by atoms with van der Waals surface area (Å²) < 4.78 is 5.44. The topological polar surface area (TPSA) is 47.3 Å². The van der Waals surface area contributed by atoms with Crippen LogP contribution >= 0.6 is 0 Å². The minimum atomic E-state index is -0.221. The second-order valence-electron chi connectivity index (χ2n) is 5.69. The van der Waals surface area contributed by atoms with Gasteiger partial charge in [-0.2, -0.15) is 0 Å². The van der Waals surface area contributed by atoms with Crippen LogP contribution in [0.4, 0.5) is 5.69 Å². The molecule has 0 aliphatic carbocycles. The van der Waals surface area contributed by atoms with Crippen LogP contribution in [0.25, 0.3) is 0 Å². The lowest BCUT2D eigenvalue weighted by Crippen LogP contribution is -2.44. The van der Waals surface area contributed by atoms with Crippen molar-refractivity contribution in [1.29, 1.82) is 0 Å². The van der Waals surface area contributed by atoms with Gasteiger partial charge in [-0.25, -0.2) is 0 Å². The number of nitrogens with one attached hydrogen (secondary N) is 1. The minimum Gasteiger partial charge on any atom is -0.496 e. The van der Waals surface area contributed by atoms with Gasteiger partial charge >= 0.3 is 0 Å². The fourth-order valence-corrected chi connectivity index (χ4v) is 2.48. The lowest BCUT2D eigenvalue weighted by Gasteiger charge is -2.32. The Labute approximate surface area is 127 Å². The largest absolute Gasteiger partial charge is 0.496 e. The first-order valence-electron chi connectivity index (χ1n) is 7.24. The molecule has 0 heterocycles. The molecule has 0 bridgehead atoms. The molecule has 3 nitrogen and oxygen atoms in total. The molecule has 2 aromatic carbocycles. The summed E-state index contributed by atoms with van der Waals surface area (Å²) in [7, 11) is 1.70. The molecule has 0 saturated heterocycles. The first-order chi connectivity index (χ1) is 10.1. The molecule has 2 aromatic rings. The number of nitrogens with two attached hydrogens (primary N) is 1. The summed E-state index contributed by atoms with van der Waals surface area (Å²) in [5.74, 6) is 0.906. The number of hydrogen-bond donors (Lipinski definition) is 2. The number of aryl methyl sites for hydroxylation is 1. The van der Waals surface area contributed by atoms with Crippen molar-refractivity contribution in [3.63, 3.8) is 0 Å². The normalized spacial score (nSPS) is 13.5. The van der Waals surface area contributed by atoms with Gasteiger partial charge in [0.05, 0.1) is 12.6 Å². The number of rotatable bonds is 6. The van der Waals surface area contributed by atoms with Crippen molar-refractivity contribution in [3.8, 4) is 5.75 Å². The summed E-state index contributed by atoms with van der Waals surface area (Å²) >= 11 is 0. The molecule has 0 aliphatic heterocycles. The Bertz CT molecular complexity index is 597. The number of anilines is 1. The summed E-state index contributed by atoms with van der Waals surface area (Å²) in [5, 5.41) is 3.59. The summed E-state index contributed by atoms with van der Waals surface area (Å²) in [6, 6.07) is 16.4. The molecular weight excluding hydrogens is 260 g/mol. The highest BCUT2D eigenvalue weighted by atomic mass is 16.5. The maximum absolute atomic E-state index is 6.04. The van der Waals surface area contributed by atoms with Crippen LogP contribution in [0.5, 0.6) is 5.75 Å². The molecule has 0 aromatic heterocycles. The summed E-state index contributed by atoms with van der Waals surface area (Å²) in [6.45, 7) is 4.79. The van der Waals surface area contributed by atoms with Gasteiger partial charge < -0.3 is 15.8 Å². The van der Waals surface area contributed by atoms with E-state index in [0.29, 0.717) is 6.54 Å². The second-order valence-corrected chi connectivity index (χ2v) is 5.69. The highest BCUT2D eigenvalue weighted by Gasteiger charge is 2.24. The Morgan fingerprint density at radius 1 is 1.10 bits per heavy atom. The fraction of sp³-hybridized carbons (Fsp3) is 0.333. The zero-order valence-electron chi connectivity index (χ0n) is 13.0. The van der Waals surface area contributed by atoms with Crippen molar-refractivity contribution in [3.05, 3.63) is 59.7 Å². The van der Waals surface area contributed by atoms with Crippen molar-refractivity contribution in [1.82, 2.24) is 0 Å². The van der Waals surface area contributed by atoms with Crippen LogP contribution in [0.1, 0.15) is 18.1 Å². The standard InChI is InChI=1S/C18H24N2O/c1-14-8-4-6-10-16(14)20-18(2,13-19)12-15-9-5-7-11-17(15)21-3/h4-11,20H,12-13,19H2,1-3H3. The Morgan fingerprint density at radius 3 is 2.43 bits per heavy atom. The average molecular weight is 284 g/mol. The number of ether oxygens (including phenoxy) is 1. The third kappa shape index (κ3) is 3.76. The fourth-order valence-electron chi connectivity index (χ4n) is 2.48. The molecule has 0 radical (unpaired) electrons. The zero-order valence-corrected chi connectivity index (χ0v) is 13.0. The van der Waals surface area contributed by atoms with Crippen molar-refractivity contribution >= 4 is 5.69 Å². The lowest BCUT2D eigenvalue weighted by molar-refractivity contribution is 0.403. The molecule has 1 unspecified atom stereocenters. The summed E-state index contributed by atoms with van der Waals surface area (Å²) in [6.07, 6.45) is 0.807. The Morgan fingerprint density at radius 2 is 1.76 bits per heavy atom. The smallest absolute Gasteiger partial charge is 0.122 e. The van der Waals surface area contributed by atoms with Gasteiger partial charge in [0.1, 0.15) is 5.75 Å². The molecular formula is C18H24N2O. The summed E-state index contributed by atoms with van der Waals surface area (Å²) in [5.41, 5.74) is 9.33. The quantitative estimate of drug-likeness (QED) is 0.855. The number of para-hydroxylation sites is 2. The van der Waals surface area contributed by atoms with Gasteiger partial charge in [0, 0.05) is 12.2 Å². The molecule has 3 N–H and O–H groups in total. The first kappa shape index (κ1) is 15.4. The molecule has 3 heteroatoms. The maximum Gasteiger partial charge on any atom is 0.122 e. The lowest BCUT2D eigenvalue weighted by atomic mass is 9.91. The molecule has 1 atom stereocenters. The third-order valence-electron chi connectivity index (χ3n) is 3.81. The van der Waals surface area contributed by atoms with Gasteiger partial charge in [0.25, 0.3) is 0 Å². The van der Waals surface area contributed by atoms with Crippen LogP contribution in [0.15, 0.2) is 48.5 Å². The third-order valence-corrected chi connectivity index (χ3v) is 3.81. The molecule has 2 rings (SSSR count). The molecule has 0 fully saturated rings. The maximum atomic E-state index is 6.04. The molecule has 21 heavy (non-hydrogen) atoms. The van der Waals surface area contributed by atoms with Crippen LogP contribution in [-0.4, -0.2) is 19.2 Å². The Hall–Kier alpha value is -2.00. The van der Waals surface area contributed by atoms with Crippen LogP contribution in [0, 0.1) is 6.92 Å². The van der Waals surface area contributed by atoms with Crippen molar-refractivity contribution in [2.75, 3.05) is 19.0 Å². The molecule has 0 aliphatic rings. The number of methoxy groups -OCH3 is 1. The van der Waals surface area contributed by atoms with Crippen molar-refractivity contribution in [2.45, 2.75) is 25.8 Å². The van der Waals surface area contributed by atoms with Gasteiger partial charge in [-0.1, -0.05) is 36.4 Å². The van der Waals surface area contributed by atoms with E-state index in [-0.39, 0.29) is 5.54 Å². The van der Waals surface area contributed by atoms with Gasteiger partial charge in [0.2, 0.25) is 0 Å². The van der Waals surface area contributed by atoms with Crippen LogP contribution in [-0.2, 0) is 6.42 Å². The van der Waals surface area contributed by atoms with Gasteiger partial charge in [0.15, 0.2) is 0 Å². The van der Waals surface area contributed by atoms with E-state index < -0.39 is 0 Å². The van der Waals surface area contributed by atoms with Crippen LogP contribution in [0.3, 0.4) is 0 Å². The van der Waals surface area contributed by atoms with E-state index in [4.69, 9.17) is 10.5 Å². The van der Waals surface area contributed by atoms with E-state index >= 15 is 0 Å². The first-order valence-corrected chi connectivity index (χ1v) is 7.24. The Kier molecular flexibility index (Phi) is 4.86. The number of benzene rings is 2. The highest BCUT2D eigenvalue weighted by Crippen LogP contribution is 2.26. The number of hydrogen-bond acceptors (Lipinski definition) is 3. The van der Waals surface area contributed by atoms with Gasteiger partial charge in [-0.05, 0) is 43.5 Å². The van der Waals surface area contributed by atoms with E-state index in [1.807, 2.05) is 30.3 Å². The van der Waals surface area contributed by atoms with Crippen molar-refractivity contribution in [2.24, 2.45) is 5.73 Å². The average Bonchev–Trinajstić information content (AvgIpc) is 2.50. The van der Waals surface area contributed by atoms with Crippen LogP contribution in [0.2, 0.25) is 0 Å². The predicted octanol–water partition coefficient (Wildman–Crippen LogP) is 3.38. The van der Waals surface area contributed by atoms with Crippen molar-refractivity contribution < 1.29 is 4.74 Å². The van der Waals surface area contributed by atoms with E-state index in [1.54, 1.807) is 7.11 Å². The molecule has 0 spiro atoms. The van der Waals surface area contributed by atoms with E-state index in [0.717, 1.165) is 23.4 Å². The highest BCUT2D eigenvalue weighted by molar-refractivity contribution is 5.52. The molecule has 0 saturated carbocycles. The minimum absolute atomic E-state index is 0.221. The van der Waals surface area contributed by atoms with Gasteiger partial charge in [-0.3, -0.25) is 0 Å². The monoisotopic (exact) mass is 284 g/mol. The molecule has 0 amide bonds. The SMILES string of the molecule is COc1ccccc1CC(C)(CN)Nc1ccccc1C. The van der Waals surface area contributed by atoms with E-state index in [1.165, 1.54) is 5.56 Å². The van der Waals surface area contributed by atoms with E-state index in [2.05, 4.69) is 37.4 Å². The van der Waals surface area contributed by atoms with Crippen LogP contribution < -0.4 is 15.8 Å². The summed E-state index contributed by atoms with van der Waals surface area (Å²) in [4.78, 5) is 0. The second kappa shape index (κ2) is 6.64. The molecule has 112 valence electrons. The Balaban J connectivity index is 2.23.